The van der Waals surface area contributed by atoms with Crippen molar-refractivity contribution in [3.8, 4) is 0 Å². The lowest BCUT2D eigenvalue weighted by atomic mass is 10.2. The smallest absolute Gasteiger partial charge is 0.410 e. The predicted octanol–water partition coefficient (Wildman–Crippen LogP) is 3.20. The summed E-state index contributed by atoms with van der Waals surface area (Å²) in [4.78, 5) is 21.5. The Morgan fingerprint density at radius 1 is 1.43 bits per heavy atom. The molecule has 0 unspecified atom stereocenters. The number of rotatable bonds is 2. The van der Waals surface area contributed by atoms with Crippen LogP contribution in [0, 0.1) is 0 Å². The van der Waals surface area contributed by atoms with Crippen LogP contribution in [0.3, 0.4) is 0 Å². The van der Waals surface area contributed by atoms with Crippen LogP contribution in [-0.2, 0) is 4.74 Å². The number of nitrogens with one attached hydrogen (secondary N) is 1. The maximum Gasteiger partial charge on any atom is 0.410 e. The van der Waals surface area contributed by atoms with Gasteiger partial charge < -0.3 is 15.0 Å². The van der Waals surface area contributed by atoms with Gasteiger partial charge in [-0.25, -0.2) is 14.8 Å². The van der Waals surface area contributed by atoms with Gasteiger partial charge in [0.1, 0.15) is 16.6 Å². The first kappa shape index (κ1) is 16.1. The lowest BCUT2D eigenvalue weighted by Crippen LogP contribution is -2.36. The molecule has 2 heterocycles. The second kappa shape index (κ2) is 6.23. The minimum atomic E-state index is -0.490. The number of hydrogen-bond acceptors (Lipinski definition) is 5. The molecule has 6 nitrogen and oxygen atoms in total. The van der Waals surface area contributed by atoms with Gasteiger partial charge in [0, 0.05) is 25.2 Å². The molecule has 1 amide bonds. The van der Waals surface area contributed by atoms with Gasteiger partial charge in [0.25, 0.3) is 0 Å². The largest absolute Gasteiger partial charge is 0.444 e. The quantitative estimate of drug-likeness (QED) is 0.665. The van der Waals surface area contributed by atoms with E-state index in [4.69, 9.17) is 27.9 Å². The number of carbonyl (C=O) groups excluding carboxylic acids is 1. The van der Waals surface area contributed by atoms with E-state index in [0.717, 1.165) is 6.42 Å². The Morgan fingerprint density at radius 2 is 2.14 bits per heavy atom. The molecular formula is C13H18Cl2N4O2. The topological polar surface area (TPSA) is 67.3 Å². The molecule has 1 aromatic heterocycles. The van der Waals surface area contributed by atoms with Crippen LogP contribution in [-0.4, -0.2) is 45.7 Å². The van der Waals surface area contributed by atoms with E-state index in [-0.39, 0.29) is 22.6 Å². The molecule has 1 aliphatic rings. The summed E-state index contributed by atoms with van der Waals surface area (Å²) in [5.74, 6) is 0.552. The van der Waals surface area contributed by atoms with Gasteiger partial charge in [-0.1, -0.05) is 11.6 Å². The van der Waals surface area contributed by atoms with Crippen LogP contribution >= 0.6 is 23.2 Å². The fourth-order valence-corrected chi connectivity index (χ4v) is 2.45. The molecule has 0 radical (unpaired) electrons. The van der Waals surface area contributed by atoms with Crippen LogP contribution in [0.15, 0.2) is 6.07 Å². The van der Waals surface area contributed by atoms with Gasteiger partial charge in [-0.15, -0.1) is 0 Å². The van der Waals surface area contributed by atoms with Crippen molar-refractivity contribution < 1.29 is 9.53 Å². The van der Waals surface area contributed by atoms with Crippen LogP contribution in [0.5, 0.6) is 0 Å². The minimum Gasteiger partial charge on any atom is -0.444 e. The Morgan fingerprint density at radius 3 is 2.76 bits per heavy atom. The molecule has 1 atom stereocenters. The predicted molar refractivity (Wildman–Crippen MR) is 81.9 cm³/mol. The molecule has 116 valence electrons. The molecule has 2 rings (SSSR count). The molecule has 0 aliphatic carbocycles. The van der Waals surface area contributed by atoms with E-state index in [0.29, 0.717) is 18.9 Å². The molecule has 0 spiro atoms. The SMILES string of the molecule is CC(C)(C)OC(=O)N1CC[C@@H](Nc2cc(Cl)nc(Cl)n2)C1. The second-order valence-corrected chi connectivity index (χ2v) is 6.63. The fourth-order valence-electron chi connectivity index (χ4n) is 2.04. The van der Waals surface area contributed by atoms with Crippen molar-refractivity contribution in [3.05, 3.63) is 16.5 Å². The van der Waals surface area contributed by atoms with Crippen molar-refractivity contribution in [2.45, 2.75) is 38.8 Å². The summed E-state index contributed by atoms with van der Waals surface area (Å²) in [6.07, 6.45) is 0.504. The molecule has 8 heteroatoms. The molecule has 1 N–H and O–H groups in total. The Balaban J connectivity index is 1.92. The van der Waals surface area contributed by atoms with E-state index in [2.05, 4.69) is 15.3 Å². The van der Waals surface area contributed by atoms with Gasteiger partial charge in [0.2, 0.25) is 5.28 Å². The molecule has 0 saturated carbocycles. The van der Waals surface area contributed by atoms with Crippen molar-refractivity contribution in [2.24, 2.45) is 0 Å². The first-order valence-corrected chi connectivity index (χ1v) is 7.43. The van der Waals surface area contributed by atoms with Gasteiger partial charge in [-0.3, -0.25) is 0 Å². The zero-order valence-electron chi connectivity index (χ0n) is 12.2. The van der Waals surface area contributed by atoms with E-state index in [1.54, 1.807) is 11.0 Å². The van der Waals surface area contributed by atoms with E-state index in [9.17, 15) is 4.79 Å². The van der Waals surface area contributed by atoms with E-state index < -0.39 is 5.60 Å². The highest BCUT2D eigenvalue weighted by molar-refractivity contribution is 6.32. The van der Waals surface area contributed by atoms with Crippen molar-refractivity contribution in [2.75, 3.05) is 18.4 Å². The van der Waals surface area contributed by atoms with Crippen molar-refractivity contribution >= 4 is 35.1 Å². The molecule has 21 heavy (non-hydrogen) atoms. The average Bonchev–Trinajstić information content (AvgIpc) is 2.73. The Hall–Kier alpha value is -1.27. The summed E-state index contributed by atoms with van der Waals surface area (Å²) in [6.45, 7) is 6.73. The lowest BCUT2D eigenvalue weighted by Gasteiger charge is -2.24. The number of likely N-dealkylation sites (tertiary alicyclic amines) is 1. The Kier molecular flexibility index (Phi) is 4.78. The monoisotopic (exact) mass is 332 g/mol. The summed E-state index contributed by atoms with van der Waals surface area (Å²) >= 11 is 11.6. The van der Waals surface area contributed by atoms with Crippen LogP contribution in [0.25, 0.3) is 0 Å². The number of carbonyl (C=O) groups is 1. The number of ether oxygens (including phenoxy) is 1. The first-order chi connectivity index (χ1) is 9.73. The molecular weight excluding hydrogens is 315 g/mol. The van der Waals surface area contributed by atoms with Crippen molar-refractivity contribution in [1.82, 2.24) is 14.9 Å². The second-order valence-electron chi connectivity index (χ2n) is 5.90. The highest BCUT2D eigenvalue weighted by Gasteiger charge is 2.29. The Bertz CT molecular complexity index is 513. The third-order valence-corrected chi connectivity index (χ3v) is 3.22. The third kappa shape index (κ3) is 4.89. The van der Waals surface area contributed by atoms with E-state index in [1.165, 1.54) is 0 Å². The minimum absolute atomic E-state index is 0.0829. The standard InChI is InChI=1S/C13H18Cl2N4O2/c1-13(2,3)21-12(20)19-5-4-8(7-19)16-10-6-9(14)17-11(15)18-10/h6,8H,4-5,7H2,1-3H3,(H,16,17,18)/t8-/m1/s1. The summed E-state index contributed by atoms with van der Waals surface area (Å²) in [5, 5.41) is 3.57. The van der Waals surface area contributed by atoms with Crippen LogP contribution in [0.2, 0.25) is 10.4 Å². The average molecular weight is 333 g/mol. The van der Waals surface area contributed by atoms with Gasteiger partial charge in [0.05, 0.1) is 0 Å². The van der Waals surface area contributed by atoms with Crippen LogP contribution < -0.4 is 5.32 Å². The van der Waals surface area contributed by atoms with Gasteiger partial charge in [0.15, 0.2) is 0 Å². The summed E-state index contributed by atoms with van der Waals surface area (Å²) < 4.78 is 5.35. The maximum atomic E-state index is 12.0. The highest BCUT2D eigenvalue weighted by Crippen LogP contribution is 2.20. The van der Waals surface area contributed by atoms with Crippen LogP contribution in [0.4, 0.5) is 10.6 Å². The summed E-state index contributed by atoms with van der Waals surface area (Å²) in [7, 11) is 0. The molecule has 1 saturated heterocycles. The molecule has 0 bridgehead atoms. The zero-order chi connectivity index (χ0) is 15.6. The summed E-state index contributed by atoms with van der Waals surface area (Å²) in [6, 6.07) is 1.68. The van der Waals surface area contributed by atoms with Crippen LogP contribution in [0.1, 0.15) is 27.2 Å². The fraction of sp³-hybridized carbons (Fsp3) is 0.615. The number of hydrogen-bond donors (Lipinski definition) is 1. The van der Waals surface area contributed by atoms with Gasteiger partial charge in [-0.2, -0.15) is 0 Å². The number of nitrogens with zero attached hydrogens (tertiary/aromatic N) is 3. The van der Waals surface area contributed by atoms with Gasteiger partial charge in [-0.05, 0) is 38.8 Å². The van der Waals surface area contributed by atoms with Crippen molar-refractivity contribution in [1.29, 1.82) is 0 Å². The number of amides is 1. The highest BCUT2D eigenvalue weighted by atomic mass is 35.5. The lowest BCUT2D eigenvalue weighted by molar-refractivity contribution is 0.0293. The van der Waals surface area contributed by atoms with E-state index >= 15 is 0 Å². The van der Waals surface area contributed by atoms with Gasteiger partial charge >= 0.3 is 6.09 Å². The molecule has 0 aromatic carbocycles. The molecule has 1 fully saturated rings. The Labute approximate surface area is 133 Å². The number of anilines is 1. The van der Waals surface area contributed by atoms with E-state index in [1.807, 2.05) is 20.8 Å². The first-order valence-electron chi connectivity index (χ1n) is 6.67. The molecule has 1 aliphatic heterocycles. The number of halogens is 2. The molecule has 1 aromatic rings. The number of aromatic nitrogens is 2. The van der Waals surface area contributed by atoms with Crippen molar-refractivity contribution in [3.63, 3.8) is 0 Å². The normalized spacial score (nSPS) is 18.7. The zero-order valence-corrected chi connectivity index (χ0v) is 13.7. The maximum absolute atomic E-state index is 12.0. The third-order valence-electron chi connectivity index (χ3n) is 2.86. The summed E-state index contributed by atoms with van der Waals surface area (Å²) in [5.41, 5.74) is -0.490.